The van der Waals surface area contributed by atoms with Crippen molar-refractivity contribution in [2.45, 2.75) is 6.54 Å². The zero-order valence-corrected chi connectivity index (χ0v) is 20.4. The Morgan fingerprint density at radius 2 is 1.83 bits per heavy atom. The summed E-state index contributed by atoms with van der Waals surface area (Å²) in [7, 11) is 2.15. The molecule has 3 aromatic rings. The van der Waals surface area contributed by atoms with Gasteiger partial charge in [-0.1, -0.05) is 12.1 Å². The molecule has 4 rings (SSSR count). The average Bonchev–Trinajstić information content (AvgIpc) is 3.36. The van der Waals surface area contributed by atoms with E-state index in [4.69, 9.17) is 9.94 Å². The Labute approximate surface area is 208 Å². The molecule has 0 radical (unpaired) electrons. The van der Waals surface area contributed by atoms with Gasteiger partial charge >= 0.3 is 0 Å². The maximum Gasteiger partial charge on any atom is 0.274 e. The van der Waals surface area contributed by atoms with E-state index in [2.05, 4.69) is 27.1 Å². The van der Waals surface area contributed by atoms with Gasteiger partial charge in [-0.2, -0.15) is 0 Å². The third-order valence-corrected chi connectivity index (χ3v) is 6.82. The highest BCUT2D eigenvalue weighted by Crippen LogP contribution is 2.27. The van der Waals surface area contributed by atoms with Crippen molar-refractivity contribution in [3.05, 3.63) is 70.9 Å². The second kappa shape index (κ2) is 11.9. The molecule has 0 saturated carbocycles. The van der Waals surface area contributed by atoms with Gasteiger partial charge in [0.1, 0.15) is 17.4 Å². The van der Waals surface area contributed by atoms with E-state index >= 15 is 0 Å². The summed E-state index contributed by atoms with van der Waals surface area (Å²) in [6.45, 7) is 5.73. The molecular weight excluding hydrogens is 466 g/mol. The molecule has 184 valence electrons. The first-order valence-corrected chi connectivity index (χ1v) is 12.2. The molecule has 0 unspecified atom stereocenters. The van der Waals surface area contributed by atoms with Crippen LogP contribution in [0.5, 0.6) is 5.75 Å². The highest BCUT2D eigenvalue weighted by Gasteiger charge is 2.16. The number of carbonyl (C=O) groups is 2. The van der Waals surface area contributed by atoms with E-state index in [1.165, 1.54) is 0 Å². The van der Waals surface area contributed by atoms with E-state index in [-0.39, 0.29) is 12.5 Å². The van der Waals surface area contributed by atoms with Crippen molar-refractivity contribution in [2.75, 3.05) is 46.4 Å². The summed E-state index contributed by atoms with van der Waals surface area (Å²) in [5.74, 6) is -0.198. The normalized spacial score (nSPS) is 14.5. The lowest BCUT2D eigenvalue weighted by atomic mass is 10.1. The first kappa shape index (κ1) is 24.8. The fourth-order valence-corrected chi connectivity index (χ4v) is 4.69. The Morgan fingerprint density at radius 1 is 1.06 bits per heavy atom. The van der Waals surface area contributed by atoms with Crippen LogP contribution in [0, 0.1) is 0 Å². The third kappa shape index (κ3) is 6.86. The Hall–Kier alpha value is -3.31. The number of nitrogens with zero attached hydrogens (tertiary/aromatic N) is 3. The van der Waals surface area contributed by atoms with Crippen LogP contribution in [0.4, 0.5) is 0 Å². The molecule has 1 aliphatic heterocycles. The van der Waals surface area contributed by atoms with Gasteiger partial charge in [0.05, 0.1) is 18.0 Å². The van der Waals surface area contributed by atoms with Crippen LogP contribution in [0.25, 0.3) is 10.4 Å². The first-order chi connectivity index (χ1) is 17.0. The van der Waals surface area contributed by atoms with E-state index in [0.29, 0.717) is 23.4 Å². The Bertz CT molecular complexity index is 1140. The van der Waals surface area contributed by atoms with Gasteiger partial charge in [-0.15, -0.1) is 11.3 Å². The van der Waals surface area contributed by atoms with Gasteiger partial charge in [-0.3, -0.25) is 19.7 Å². The molecular formula is C25H29N5O4S. The number of hydroxylamine groups is 1. The minimum Gasteiger partial charge on any atom is -0.492 e. The predicted octanol–water partition coefficient (Wildman–Crippen LogP) is 2.49. The lowest BCUT2D eigenvalue weighted by Crippen LogP contribution is -2.43. The van der Waals surface area contributed by atoms with Gasteiger partial charge in [0.15, 0.2) is 0 Å². The SMILES string of the molecule is CN1CCN(Cc2ncc(-c3cccc(C(=O)NCCOc4ccc(C(=O)NO)cc4)c3)s2)CC1. The van der Waals surface area contributed by atoms with Crippen molar-refractivity contribution >= 4 is 23.2 Å². The van der Waals surface area contributed by atoms with Crippen LogP contribution in [0.15, 0.2) is 54.7 Å². The largest absolute Gasteiger partial charge is 0.492 e. The second-order valence-corrected chi connectivity index (χ2v) is 9.46. The molecule has 1 aliphatic rings. The van der Waals surface area contributed by atoms with E-state index in [9.17, 15) is 9.59 Å². The summed E-state index contributed by atoms with van der Waals surface area (Å²) < 4.78 is 5.60. The number of nitrogens with one attached hydrogen (secondary N) is 2. The van der Waals surface area contributed by atoms with Crippen LogP contribution >= 0.6 is 11.3 Å². The Morgan fingerprint density at radius 3 is 2.57 bits per heavy atom. The number of hydrogen-bond acceptors (Lipinski definition) is 8. The molecule has 1 fully saturated rings. The number of hydrogen-bond donors (Lipinski definition) is 3. The highest BCUT2D eigenvalue weighted by atomic mass is 32.1. The summed E-state index contributed by atoms with van der Waals surface area (Å²) in [6.07, 6.45) is 1.89. The summed E-state index contributed by atoms with van der Waals surface area (Å²) in [6, 6.07) is 13.9. The minimum atomic E-state index is -0.587. The molecule has 0 aliphatic carbocycles. The molecule has 2 amide bonds. The average molecular weight is 496 g/mol. The van der Waals surface area contributed by atoms with Crippen LogP contribution < -0.4 is 15.5 Å². The number of ether oxygens (including phenoxy) is 1. The third-order valence-electron chi connectivity index (χ3n) is 5.79. The van der Waals surface area contributed by atoms with Gasteiger partial charge in [0.25, 0.3) is 11.8 Å². The minimum absolute atomic E-state index is 0.174. The molecule has 1 aromatic heterocycles. The summed E-state index contributed by atoms with van der Waals surface area (Å²) in [5.41, 5.74) is 3.46. The van der Waals surface area contributed by atoms with E-state index in [0.717, 1.165) is 48.2 Å². The van der Waals surface area contributed by atoms with E-state index in [1.54, 1.807) is 47.1 Å². The molecule has 35 heavy (non-hydrogen) atoms. The number of rotatable bonds is 9. The lowest BCUT2D eigenvalue weighted by molar-refractivity contribution is 0.0706. The first-order valence-electron chi connectivity index (χ1n) is 11.4. The molecule has 2 aromatic carbocycles. The highest BCUT2D eigenvalue weighted by molar-refractivity contribution is 7.15. The number of likely N-dealkylation sites (N-methyl/N-ethyl adjacent to an activating group) is 1. The van der Waals surface area contributed by atoms with Gasteiger partial charge in [0.2, 0.25) is 0 Å². The van der Waals surface area contributed by atoms with Crippen LogP contribution in [0.2, 0.25) is 0 Å². The maximum absolute atomic E-state index is 12.6. The fourth-order valence-electron chi connectivity index (χ4n) is 3.73. The van der Waals surface area contributed by atoms with Gasteiger partial charge < -0.3 is 15.0 Å². The van der Waals surface area contributed by atoms with Crippen molar-refractivity contribution < 1.29 is 19.5 Å². The quantitative estimate of drug-likeness (QED) is 0.238. The van der Waals surface area contributed by atoms with Crippen LogP contribution in [-0.4, -0.2) is 78.2 Å². The fraction of sp³-hybridized carbons (Fsp3) is 0.320. The Kier molecular flexibility index (Phi) is 8.43. The zero-order chi connectivity index (χ0) is 24.6. The summed E-state index contributed by atoms with van der Waals surface area (Å²) >= 11 is 1.67. The Balaban J connectivity index is 1.26. The number of benzene rings is 2. The number of carbonyl (C=O) groups excluding carboxylic acids is 2. The summed E-state index contributed by atoms with van der Waals surface area (Å²) in [4.78, 5) is 34.4. The van der Waals surface area contributed by atoms with Gasteiger partial charge in [0, 0.05) is 43.5 Å². The molecule has 10 heteroatoms. The van der Waals surface area contributed by atoms with Gasteiger partial charge in [-0.25, -0.2) is 10.5 Å². The van der Waals surface area contributed by atoms with Crippen LogP contribution in [0.3, 0.4) is 0 Å². The number of aromatic nitrogens is 1. The van der Waals surface area contributed by atoms with Crippen molar-refractivity contribution in [1.82, 2.24) is 25.6 Å². The standard InChI is InChI=1S/C25H29N5O4S/c1-29-10-12-30(13-11-29)17-23-27-16-22(35-23)19-3-2-4-20(15-19)24(31)26-9-14-34-21-7-5-18(6-8-21)25(32)28-33/h2-8,15-16,33H,9-14,17H2,1H3,(H,26,31)(H,28,32). The van der Waals surface area contributed by atoms with Crippen molar-refractivity contribution in [1.29, 1.82) is 0 Å². The molecule has 3 N–H and O–H groups in total. The topological polar surface area (TPSA) is 107 Å². The van der Waals surface area contributed by atoms with Crippen molar-refractivity contribution in [2.24, 2.45) is 0 Å². The molecule has 2 heterocycles. The monoisotopic (exact) mass is 495 g/mol. The van der Waals surface area contributed by atoms with Crippen molar-refractivity contribution in [3.63, 3.8) is 0 Å². The molecule has 1 saturated heterocycles. The smallest absolute Gasteiger partial charge is 0.274 e. The van der Waals surface area contributed by atoms with Gasteiger partial charge in [-0.05, 0) is 49.0 Å². The zero-order valence-electron chi connectivity index (χ0n) is 19.6. The molecule has 0 spiro atoms. The van der Waals surface area contributed by atoms with Crippen LogP contribution in [0.1, 0.15) is 25.7 Å². The molecule has 0 bridgehead atoms. The van der Waals surface area contributed by atoms with Crippen LogP contribution in [-0.2, 0) is 6.54 Å². The maximum atomic E-state index is 12.6. The van der Waals surface area contributed by atoms with E-state index < -0.39 is 5.91 Å². The number of thiazole rings is 1. The molecule has 9 nitrogen and oxygen atoms in total. The molecule has 0 atom stereocenters. The number of piperazine rings is 1. The predicted molar refractivity (Wildman–Crippen MR) is 134 cm³/mol. The second-order valence-electron chi connectivity index (χ2n) is 8.35. The van der Waals surface area contributed by atoms with Crippen molar-refractivity contribution in [3.8, 4) is 16.2 Å². The summed E-state index contributed by atoms with van der Waals surface area (Å²) in [5, 5.41) is 12.6. The number of amides is 2. The lowest BCUT2D eigenvalue weighted by Gasteiger charge is -2.31. The van der Waals surface area contributed by atoms with E-state index in [1.807, 2.05) is 24.4 Å².